The number of phenolic OH excluding ortho intramolecular Hbond substituents is 1. The molecule has 0 aliphatic carbocycles. The molecule has 36 heavy (non-hydrogen) atoms. The van der Waals surface area contributed by atoms with Crippen LogP contribution in [0.2, 0.25) is 0 Å². The Morgan fingerprint density at radius 1 is 0.861 bits per heavy atom. The van der Waals surface area contributed by atoms with Gasteiger partial charge in [-0.05, 0) is 61.6 Å². The van der Waals surface area contributed by atoms with Crippen LogP contribution in [0.4, 0.5) is 4.39 Å². The Kier molecular flexibility index (Phi) is 5.23. The summed E-state index contributed by atoms with van der Waals surface area (Å²) in [7, 11) is 4.09. The molecule has 0 aliphatic heterocycles. The Morgan fingerprint density at radius 2 is 1.72 bits per heavy atom. The van der Waals surface area contributed by atoms with Crippen LogP contribution in [0.15, 0.2) is 72.8 Å². The third kappa shape index (κ3) is 3.97. The first-order chi connectivity index (χ1) is 17.4. The number of nitrogens with zero attached hydrogens (tertiary/aromatic N) is 4. The van der Waals surface area contributed by atoms with E-state index in [1.165, 1.54) is 17.7 Å². The summed E-state index contributed by atoms with van der Waals surface area (Å²) in [6, 6.07) is 21.9. The number of hydrogen-bond acceptors (Lipinski definition) is 5. The Morgan fingerprint density at radius 3 is 2.56 bits per heavy atom. The zero-order valence-electron chi connectivity index (χ0n) is 19.7. The molecule has 0 aliphatic rings. The maximum atomic E-state index is 14.0. The van der Waals surface area contributed by atoms with Crippen LogP contribution in [-0.2, 0) is 6.54 Å². The lowest BCUT2D eigenvalue weighted by Crippen LogP contribution is -2.10. The standard InChI is InChI=1S/C28H23FN6O/c1-35(2)15-16-5-3-6-17(11-16)22-9-10-24-26(30-22)27(34-33-24)28-31-23-8-4-7-21(25(23)32-28)18-12-19(29)14-20(36)13-18/h3-14,36H,15H2,1-2H3,(H,31,32)(H,33,34). The summed E-state index contributed by atoms with van der Waals surface area (Å²) >= 11 is 0. The minimum absolute atomic E-state index is 0.137. The lowest BCUT2D eigenvalue weighted by Gasteiger charge is -2.10. The molecule has 0 spiro atoms. The number of H-pyrrole nitrogens is 2. The van der Waals surface area contributed by atoms with Gasteiger partial charge in [-0.15, -0.1) is 0 Å². The van der Waals surface area contributed by atoms with Crippen LogP contribution in [0.25, 0.3) is 56.0 Å². The number of rotatable bonds is 5. The second-order valence-corrected chi connectivity index (χ2v) is 9.09. The minimum Gasteiger partial charge on any atom is -0.508 e. The van der Waals surface area contributed by atoms with Gasteiger partial charge in [0.05, 0.1) is 22.2 Å². The maximum Gasteiger partial charge on any atom is 0.161 e. The number of benzene rings is 3. The highest BCUT2D eigenvalue weighted by Gasteiger charge is 2.17. The largest absolute Gasteiger partial charge is 0.508 e. The normalized spacial score (nSPS) is 11.7. The smallest absolute Gasteiger partial charge is 0.161 e. The number of para-hydroxylation sites is 1. The van der Waals surface area contributed by atoms with Gasteiger partial charge in [0.1, 0.15) is 17.1 Å². The second kappa shape index (κ2) is 8.58. The fourth-order valence-corrected chi connectivity index (χ4v) is 4.53. The number of aromatic hydroxyl groups is 1. The number of aromatic nitrogens is 5. The zero-order chi connectivity index (χ0) is 24.8. The molecule has 6 aromatic rings. The Hall–Kier alpha value is -4.56. The van der Waals surface area contributed by atoms with Crippen LogP contribution in [0.5, 0.6) is 5.75 Å². The van der Waals surface area contributed by atoms with Gasteiger partial charge in [-0.1, -0.05) is 30.3 Å². The minimum atomic E-state index is -0.512. The first-order valence-corrected chi connectivity index (χ1v) is 11.5. The lowest BCUT2D eigenvalue weighted by atomic mass is 10.0. The molecule has 0 fully saturated rings. The molecule has 7 nitrogen and oxygen atoms in total. The van der Waals surface area contributed by atoms with Crippen molar-refractivity contribution in [1.29, 1.82) is 0 Å². The van der Waals surface area contributed by atoms with Crippen molar-refractivity contribution in [2.45, 2.75) is 6.54 Å². The second-order valence-electron chi connectivity index (χ2n) is 9.09. The quantitative estimate of drug-likeness (QED) is 0.294. The van der Waals surface area contributed by atoms with Gasteiger partial charge in [-0.2, -0.15) is 5.10 Å². The Balaban J connectivity index is 1.45. The summed E-state index contributed by atoms with van der Waals surface area (Å²) in [6.45, 7) is 0.845. The third-order valence-corrected chi connectivity index (χ3v) is 6.06. The summed E-state index contributed by atoms with van der Waals surface area (Å²) in [5.41, 5.74) is 7.86. The van der Waals surface area contributed by atoms with E-state index in [1.54, 1.807) is 0 Å². The molecule has 178 valence electrons. The molecular weight excluding hydrogens is 455 g/mol. The van der Waals surface area contributed by atoms with Crippen molar-refractivity contribution in [3.8, 4) is 39.7 Å². The molecule has 0 unspecified atom stereocenters. The van der Waals surface area contributed by atoms with E-state index >= 15 is 0 Å². The molecule has 3 aromatic heterocycles. The zero-order valence-corrected chi connectivity index (χ0v) is 19.7. The number of hydrogen-bond donors (Lipinski definition) is 3. The fourth-order valence-electron chi connectivity index (χ4n) is 4.53. The summed E-state index contributed by atoms with van der Waals surface area (Å²) in [4.78, 5) is 15.2. The van der Waals surface area contributed by atoms with E-state index in [1.807, 2.05) is 50.5 Å². The van der Waals surface area contributed by atoms with Crippen molar-refractivity contribution >= 4 is 22.1 Å². The molecule has 0 radical (unpaired) electrons. The third-order valence-electron chi connectivity index (χ3n) is 6.06. The Labute approximate surface area is 206 Å². The number of phenols is 1. The van der Waals surface area contributed by atoms with Gasteiger partial charge < -0.3 is 15.0 Å². The molecule has 8 heteroatoms. The predicted octanol–water partition coefficient (Wildman–Crippen LogP) is 5.74. The molecule has 3 heterocycles. The van der Waals surface area contributed by atoms with Crippen LogP contribution < -0.4 is 0 Å². The van der Waals surface area contributed by atoms with Crippen molar-refractivity contribution in [3.05, 3.63) is 84.2 Å². The molecule has 0 saturated heterocycles. The number of nitrogens with one attached hydrogen (secondary N) is 2. The highest BCUT2D eigenvalue weighted by molar-refractivity contribution is 5.96. The van der Waals surface area contributed by atoms with E-state index in [0.29, 0.717) is 33.7 Å². The van der Waals surface area contributed by atoms with E-state index in [4.69, 9.17) is 9.97 Å². The van der Waals surface area contributed by atoms with E-state index in [0.717, 1.165) is 34.9 Å². The van der Waals surface area contributed by atoms with Crippen LogP contribution in [-0.4, -0.2) is 49.3 Å². The van der Waals surface area contributed by atoms with E-state index in [9.17, 15) is 9.50 Å². The van der Waals surface area contributed by atoms with Crippen LogP contribution >= 0.6 is 0 Å². The van der Waals surface area contributed by atoms with Crippen molar-refractivity contribution in [1.82, 2.24) is 30.0 Å². The number of aromatic amines is 2. The van der Waals surface area contributed by atoms with E-state index in [2.05, 4.69) is 38.3 Å². The molecule has 3 aromatic carbocycles. The van der Waals surface area contributed by atoms with Gasteiger partial charge in [0, 0.05) is 23.7 Å². The predicted molar refractivity (Wildman–Crippen MR) is 139 cm³/mol. The van der Waals surface area contributed by atoms with Gasteiger partial charge in [0.25, 0.3) is 0 Å². The highest BCUT2D eigenvalue weighted by atomic mass is 19.1. The van der Waals surface area contributed by atoms with Gasteiger partial charge >= 0.3 is 0 Å². The van der Waals surface area contributed by atoms with E-state index < -0.39 is 5.82 Å². The van der Waals surface area contributed by atoms with Crippen molar-refractivity contribution in [2.75, 3.05) is 14.1 Å². The van der Waals surface area contributed by atoms with Gasteiger partial charge in [0.2, 0.25) is 0 Å². The maximum absolute atomic E-state index is 14.0. The molecule has 0 saturated carbocycles. The molecule has 0 atom stereocenters. The van der Waals surface area contributed by atoms with Gasteiger partial charge in [0.15, 0.2) is 11.5 Å². The van der Waals surface area contributed by atoms with E-state index in [-0.39, 0.29) is 5.75 Å². The first-order valence-electron chi connectivity index (χ1n) is 11.5. The SMILES string of the molecule is CN(C)Cc1cccc(-c2ccc3[nH]nc(-c4nc5c(-c6cc(O)cc(F)c6)cccc5[nH]4)c3n2)c1. The van der Waals surface area contributed by atoms with Crippen LogP contribution in [0.3, 0.4) is 0 Å². The highest BCUT2D eigenvalue weighted by Crippen LogP contribution is 2.33. The van der Waals surface area contributed by atoms with Crippen LogP contribution in [0.1, 0.15) is 5.56 Å². The Bertz CT molecular complexity index is 1720. The summed E-state index contributed by atoms with van der Waals surface area (Å²) in [5, 5.41) is 17.4. The van der Waals surface area contributed by atoms with Gasteiger partial charge in [-0.25, -0.2) is 14.4 Å². The lowest BCUT2D eigenvalue weighted by molar-refractivity contribution is 0.402. The number of pyridine rings is 1. The molecule has 0 amide bonds. The first kappa shape index (κ1) is 21.9. The van der Waals surface area contributed by atoms with Crippen molar-refractivity contribution in [2.24, 2.45) is 0 Å². The molecule has 0 bridgehead atoms. The average Bonchev–Trinajstić information content (AvgIpc) is 3.46. The number of fused-ring (bicyclic) bond motifs is 2. The molecular formula is C28H23FN6O. The summed E-state index contributed by atoms with van der Waals surface area (Å²) < 4.78 is 14.0. The molecule has 3 N–H and O–H groups in total. The topological polar surface area (TPSA) is 93.7 Å². The number of halogens is 1. The molecule has 6 rings (SSSR count). The van der Waals surface area contributed by atoms with Crippen molar-refractivity contribution < 1.29 is 9.50 Å². The summed E-state index contributed by atoms with van der Waals surface area (Å²) in [6.07, 6.45) is 0. The van der Waals surface area contributed by atoms with Gasteiger partial charge in [-0.3, -0.25) is 5.10 Å². The average molecular weight is 479 g/mol. The monoisotopic (exact) mass is 478 g/mol. The van der Waals surface area contributed by atoms with Crippen molar-refractivity contribution in [3.63, 3.8) is 0 Å². The summed E-state index contributed by atoms with van der Waals surface area (Å²) in [5.74, 6) is -0.0970. The fraction of sp³-hybridized carbons (Fsp3) is 0.107. The number of imidazole rings is 1. The van der Waals surface area contributed by atoms with Crippen LogP contribution in [0, 0.1) is 5.82 Å².